The van der Waals surface area contributed by atoms with Gasteiger partial charge in [0, 0.05) is 48.5 Å². The molecule has 1 unspecified atom stereocenters. The molecule has 1 aliphatic carbocycles. The van der Waals surface area contributed by atoms with E-state index in [0.717, 1.165) is 39.7 Å². The highest BCUT2D eigenvalue weighted by atomic mass is 79.9. The van der Waals surface area contributed by atoms with E-state index in [1.165, 1.54) is 4.90 Å². The van der Waals surface area contributed by atoms with Crippen molar-refractivity contribution in [2.75, 3.05) is 32.8 Å². The summed E-state index contributed by atoms with van der Waals surface area (Å²) in [5.74, 6) is -0.266. The zero-order valence-electron chi connectivity index (χ0n) is 21.5. The number of nitrogens with zero attached hydrogens (tertiary/aromatic N) is 3. The van der Waals surface area contributed by atoms with Crippen LogP contribution in [0.25, 0.3) is 0 Å². The number of hydrogen-bond donors (Lipinski definition) is 2. The minimum Gasteiger partial charge on any atom is -0.444 e. The predicted octanol–water partition coefficient (Wildman–Crippen LogP) is 4.11. The summed E-state index contributed by atoms with van der Waals surface area (Å²) in [5, 5.41) is 12.7. The molecule has 0 saturated carbocycles. The van der Waals surface area contributed by atoms with Crippen molar-refractivity contribution >= 4 is 39.5 Å². The van der Waals surface area contributed by atoms with E-state index in [1.54, 1.807) is 0 Å². The highest BCUT2D eigenvalue weighted by molar-refractivity contribution is 9.10. The Morgan fingerprint density at radius 2 is 1.97 bits per heavy atom. The van der Waals surface area contributed by atoms with Crippen molar-refractivity contribution in [2.24, 2.45) is 0 Å². The first-order valence-corrected chi connectivity index (χ1v) is 13.8. The Kier molecular flexibility index (Phi) is 8.78. The van der Waals surface area contributed by atoms with Crippen LogP contribution in [-0.2, 0) is 22.4 Å². The van der Waals surface area contributed by atoms with Crippen LogP contribution in [0.4, 0.5) is 4.79 Å². The van der Waals surface area contributed by atoms with Crippen molar-refractivity contribution in [2.45, 2.75) is 57.7 Å². The van der Waals surface area contributed by atoms with E-state index in [9.17, 15) is 9.59 Å². The number of amides is 2. The SMILES string of the molecule is CC(C)(C)OC(=O)N1CCN(C2c3ccc(Cl)cc3CCc3cc(Br)cnc32)C[C@@H]1C(=O)NCCCO. The Morgan fingerprint density at radius 1 is 1.22 bits per heavy atom. The quantitative estimate of drug-likeness (QED) is 0.507. The molecule has 200 valence electrons. The summed E-state index contributed by atoms with van der Waals surface area (Å²) in [6.07, 6.45) is 3.40. The number of aryl methyl sites for hydroxylation is 2. The number of nitrogens with one attached hydrogen (secondary N) is 1. The van der Waals surface area contributed by atoms with E-state index in [2.05, 4.69) is 38.3 Å². The van der Waals surface area contributed by atoms with Crippen LogP contribution in [0.3, 0.4) is 0 Å². The van der Waals surface area contributed by atoms with E-state index < -0.39 is 17.7 Å². The molecule has 8 nitrogen and oxygen atoms in total. The summed E-state index contributed by atoms with van der Waals surface area (Å²) >= 11 is 9.93. The summed E-state index contributed by atoms with van der Waals surface area (Å²) in [4.78, 5) is 35.0. The number of aromatic nitrogens is 1. The van der Waals surface area contributed by atoms with Gasteiger partial charge >= 0.3 is 6.09 Å². The normalized spacial score (nSPS) is 20.0. The molecule has 0 radical (unpaired) electrons. The molecule has 4 rings (SSSR count). The number of ether oxygens (including phenoxy) is 1. The summed E-state index contributed by atoms with van der Waals surface area (Å²) in [7, 11) is 0. The zero-order valence-corrected chi connectivity index (χ0v) is 23.8. The molecule has 2 heterocycles. The molecule has 1 saturated heterocycles. The standard InChI is InChI=1S/C27H34BrClN4O4/c1-27(2,3)37-26(36)33-11-10-32(16-22(33)25(35)30-9-4-12-34)24-21-8-7-20(29)14-17(21)5-6-18-13-19(28)15-31-23(18)24/h7-8,13-15,22,24,34H,4-6,9-12,16H2,1-3H3,(H,30,35)/t22-,24?/m1/s1. The maximum atomic E-state index is 13.3. The van der Waals surface area contributed by atoms with Gasteiger partial charge in [-0.05, 0) is 90.9 Å². The monoisotopic (exact) mass is 592 g/mol. The van der Waals surface area contributed by atoms with Crippen LogP contribution < -0.4 is 5.32 Å². The number of carbonyl (C=O) groups is 2. The number of halogens is 2. The molecule has 2 N–H and O–H groups in total. The van der Waals surface area contributed by atoms with Gasteiger partial charge in [-0.3, -0.25) is 19.6 Å². The number of aliphatic hydroxyl groups is 1. The molecule has 0 bridgehead atoms. The summed E-state index contributed by atoms with van der Waals surface area (Å²) in [6, 6.07) is 7.14. The second-order valence-corrected chi connectivity index (χ2v) is 11.8. The van der Waals surface area contributed by atoms with Gasteiger partial charge in [-0.25, -0.2) is 4.79 Å². The topological polar surface area (TPSA) is 95.0 Å². The minimum absolute atomic E-state index is 0.0215. The predicted molar refractivity (Wildman–Crippen MR) is 146 cm³/mol. The van der Waals surface area contributed by atoms with Crippen molar-refractivity contribution in [1.82, 2.24) is 20.1 Å². The summed E-state index contributed by atoms with van der Waals surface area (Å²) in [6.45, 7) is 6.93. The van der Waals surface area contributed by atoms with E-state index >= 15 is 0 Å². The lowest BCUT2D eigenvalue weighted by Crippen LogP contribution is -2.61. The lowest BCUT2D eigenvalue weighted by Gasteiger charge is -2.44. The molecular formula is C27H34BrClN4O4. The van der Waals surface area contributed by atoms with Crippen LogP contribution >= 0.6 is 27.5 Å². The van der Waals surface area contributed by atoms with Gasteiger partial charge in [0.2, 0.25) is 5.91 Å². The van der Waals surface area contributed by atoms with Crippen LogP contribution in [0, 0.1) is 0 Å². The van der Waals surface area contributed by atoms with E-state index in [0.29, 0.717) is 37.6 Å². The number of piperazine rings is 1. The van der Waals surface area contributed by atoms with Crippen LogP contribution in [0.2, 0.25) is 5.02 Å². The number of fused-ring (bicyclic) bond motifs is 2. The molecule has 10 heteroatoms. The Labute approximate surface area is 231 Å². The number of pyridine rings is 1. The van der Waals surface area contributed by atoms with Crippen LogP contribution in [0.5, 0.6) is 0 Å². The summed E-state index contributed by atoms with van der Waals surface area (Å²) < 4.78 is 6.56. The second kappa shape index (κ2) is 11.7. The third-order valence-corrected chi connectivity index (χ3v) is 7.30. The Hall–Kier alpha value is -2.20. The van der Waals surface area contributed by atoms with Crippen molar-refractivity contribution in [3.8, 4) is 0 Å². The molecule has 1 aromatic carbocycles. The number of hydrogen-bond acceptors (Lipinski definition) is 6. The fourth-order valence-electron chi connectivity index (χ4n) is 4.99. The average Bonchev–Trinajstić information content (AvgIpc) is 2.99. The molecule has 2 aromatic rings. The third kappa shape index (κ3) is 6.63. The smallest absolute Gasteiger partial charge is 0.411 e. The molecule has 2 atom stereocenters. The molecule has 1 aromatic heterocycles. The maximum absolute atomic E-state index is 13.3. The molecule has 0 spiro atoms. The maximum Gasteiger partial charge on any atom is 0.411 e. The average molecular weight is 594 g/mol. The largest absolute Gasteiger partial charge is 0.444 e. The van der Waals surface area contributed by atoms with Crippen molar-refractivity contribution in [1.29, 1.82) is 0 Å². The number of benzene rings is 1. The van der Waals surface area contributed by atoms with E-state index in [4.69, 9.17) is 26.4 Å². The van der Waals surface area contributed by atoms with E-state index in [1.807, 2.05) is 39.1 Å². The van der Waals surface area contributed by atoms with Crippen molar-refractivity contribution < 1.29 is 19.4 Å². The lowest BCUT2D eigenvalue weighted by molar-refractivity contribution is -0.129. The third-order valence-electron chi connectivity index (χ3n) is 6.63. The lowest BCUT2D eigenvalue weighted by atomic mass is 9.95. The first-order chi connectivity index (χ1) is 17.6. The fourth-order valence-corrected chi connectivity index (χ4v) is 5.57. The van der Waals surface area contributed by atoms with Gasteiger partial charge in [-0.2, -0.15) is 0 Å². The first kappa shape index (κ1) is 27.8. The molecule has 1 fully saturated rings. The van der Waals surface area contributed by atoms with Gasteiger partial charge in [0.05, 0.1) is 11.7 Å². The Bertz CT molecular complexity index is 1100. The van der Waals surface area contributed by atoms with Crippen molar-refractivity contribution in [3.63, 3.8) is 0 Å². The van der Waals surface area contributed by atoms with E-state index in [-0.39, 0.29) is 18.6 Å². The fraction of sp³-hybridized carbons (Fsp3) is 0.519. The van der Waals surface area contributed by atoms with Gasteiger partial charge in [-0.15, -0.1) is 0 Å². The van der Waals surface area contributed by atoms with Gasteiger partial charge in [0.25, 0.3) is 0 Å². The van der Waals surface area contributed by atoms with Crippen LogP contribution in [0.1, 0.15) is 55.6 Å². The van der Waals surface area contributed by atoms with Gasteiger partial charge in [-0.1, -0.05) is 17.7 Å². The molecule has 2 aliphatic rings. The van der Waals surface area contributed by atoms with Gasteiger partial charge < -0.3 is 15.2 Å². The number of aliphatic hydroxyl groups excluding tert-OH is 1. The highest BCUT2D eigenvalue weighted by Gasteiger charge is 2.41. The molecule has 37 heavy (non-hydrogen) atoms. The van der Waals surface area contributed by atoms with Crippen LogP contribution in [-0.4, -0.2) is 76.3 Å². The van der Waals surface area contributed by atoms with Gasteiger partial charge in [0.1, 0.15) is 11.6 Å². The Balaban J connectivity index is 1.70. The molecule has 2 amide bonds. The second-order valence-electron chi connectivity index (χ2n) is 10.5. The first-order valence-electron chi connectivity index (χ1n) is 12.6. The molecule has 1 aliphatic heterocycles. The number of rotatable bonds is 5. The number of carbonyl (C=O) groups excluding carboxylic acids is 2. The highest BCUT2D eigenvalue weighted by Crippen LogP contribution is 2.38. The summed E-state index contributed by atoms with van der Waals surface area (Å²) in [5.41, 5.74) is 3.69. The van der Waals surface area contributed by atoms with Gasteiger partial charge in [0.15, 0.2) is 0 Å². The Morgan fingerprint density at radius 3 is 2.70 bits per heavy atom. The minimum atomic E-state index is -0.750. The molecular weight excluding hydrogens is 560 g/mol. The van der Waals surface area contributed by atoms with Crippen LogP contribution in [0.15, 0.2) is 34.9 Å². The van der Waals surface area contributed by atoms with Crippen molar-refractivity contribution in [3.05, 3.63) is 62.3 Å². The zero-order chi connectivity index (χ0) is 26.7.